The number of hydrogen-bond acceptors (Lipinski definition) is 5. The summed E-state index contributed by atoms with van der Waals surface area (Å²) in [5, 5.41) is 11.5. The Morgan fingerprint density at radius 2 is 1.95 bits per heavy atom. The highest BCUT2D eigenvalue weighted by atomic mass is 19.1. The van der Waals surface area contributed by atoms with Crippen molar-refractivity contribution in [3.63, 3.8) is 0 Å². The van der Waals surface area contributed by atoms with Crippen molar-refractivity contribution in [2.24, 2.45) is 24.6 Å². The molecule has 2 bridgehead atoms. The summed E-state index contributed by atoms with van der Waals surface area (Å²) in [6, 6.07) is 16.5. The van der Waals surface area contributed by atoms with Gasteiger partial charge in [-0.15, -0.1) is 0 Å². The van der Waals surface area contributed by atoms with E-state index in [1.165, 1.54) is 18.9 Å². The first-order valence-electron chi connectivity index (χ1n) is 15.0. The summed E-state index contributed by atoms with van der Waals surface area (Å²) in [5.74, 6) is 1.32. The van der Waals surface area contributed by atoms with Crippen molar-refractivity contribution in [2.45, 2.75) is 44.3 Å². The summed E-state index contributed by atoms with van der Waals surface area (Å²) >= 11 is 0. The topological polar surface area (TPSA) is 98.5 Å². The Bertz CT molecular complexity index is 1940. The number of piperidine rings is 1. The minimum atomic E-state index is -0.641. The molecule has 0 radical (unpaired) electrons. The molecule has 3 aromatic carbocycles. The van der Waals surface area contributed by atoms with Gasteiger partial charge in [0.25, 0.3) is 5.91 Å². The summed E-state index contributed by atoms with van der Waals surface area (Å²) < 4.78 is 24.3. The van der Waals surface area contributed by atoms with Gasteiger partial charge in [-0.05, 0) is 73.4 Å². The van der Waals surface area contributed by atoms with Crippen LogP contribution in [-0.4, -0.2) is 55.8 Å². The Hall–Kier alpha value is -4.37. The zero-order chi connectivity index (χ0) is 29.6. The molecule has 8 nitrogen and oxygen atoms in total. The number of aromatic nitrogens is 3. The number of hydrogen-bond donors (Lipinski definition) is 2. The van der Waals surface area contributed by atoms with Gasteiger partial charge in [-0.2, -0.15) is 0 Å². The van der Waals surface area contributed by atoms with Crippen molar-refractivity contribution in [3.05, 3.63) is 66.0 Å². The Kier molecular flexibility index (Phi) is 5.85. The van der Waals surface area contributed by atoms with E-state index >= 15 is 0 Å². The van der Waals surface area contributed by atoms with E-state index in [4.69, 9.17) is 15.5 Å². The monoisotopic (exact) mass is 579 g/mol. The van der Waals surface area contributed by atoms with Crippen LogP contribution < -0.4 is 10.5 Å². The quantitative estimate of drug-likeness (QED) is 0.270. The number of fused-ring (bicyclic) bond motifs is 4. The number of aromatic hydroxyl groups is 1. The molecule has 43 heavy (non-hydrogen) atoms. The number of rotatable bonds is 6. The molecule has 3 atom stereocenters. The number of carbonyl (C=O) groups excluding carboxylic acids is 1. The van der Waals surface area contributed by atoms with Crippen LogP contribution in [0.25, 0.3) is 44.6 Å². The van der Waals surface area contributed by atoms with E-state index in [0.29, 0.717) is 40.8 Å². The van der Waals surface area contributed by atoms with E-state index in [-0.39, 0.29) is 23.7 Å². The lowest BCUT2D eigenvalue weighted by Gasteiger charge is -2.27. The predicted molar refractivity (Wildman–Crippen MR) is 164 cm³/mol. The molecule has 1 saturated heterocycles. The van der Waals surface area contributed by atoms with Crippen molar-refractivity contribution in [1.82, 2.24) is 19.0 Å². The fraction of sp³-hybridized carbons (Fsp3) is 0.353. The molecule has 1 aliphatic heterocycles. The first-order valence-corrected chi connectivity index (χ1v) is 15.0. The zero-order valence-corrected chi connectivity index (χ0v) is 24.3. The number of ether oxygens (including phenoxy) is 1. The Morgan fingerprint density at radius 1 is 1.12 bits per heavy atom. The second-order valence-electron chi connectivity index (χ2n) is 12.5. The lowest BCUT2D eigenvalue weighted by molar-refractivity contribution is 0.0700. The molecule has 8 rings (SSSR count). The number of phenols is 1. The number of nitrogens with two attached hydrogens (primary N) is 1. The molecule has 9 heteroatoms. The summed E-state index contributed by atoms with van der Waals surface area (Å²) in [4.78, 5) is 20.7. The third kappa shape index (κ3) is 4.05. The largest absolute Gasteiger partial charge is 0.504 e. The van der Waals surface area contributed by atoms with Crippen LogP contribution in [0.4, 0.5) is 4.39 Å². The number of methoxy groups -OCH3 is 1. The van der Waals surface area contributed by atoms with Crippen molar-refractivity contribution in [2.75, 3.05) is 13.7 Å². The minimum Gasteiger partial charge on any atom is -0.504 e. The summed E-state index contributed by atoms with van der Waals surface area (Å²) in [7, 11) is 3.60. The average Bonchev–Trinajstić information content (AvgIpc) is 3.42. The van der Waals surface area contributed by atoms with Crippen LogP contribution in [0.1, 0.15) is 36.0 Å². The van der Waals surface area contributed by atoms with Gasteiger partial charge in [0.05, 0.1) is 18.3 Å². The second kappa shape index (κ2) is 9.57. The van der Waals surface area contributed by atoms with E-state index < -0.39 is 5.82 Å². The van der Waals surface area contributed by atoms with Gasteiger partial charge < -0.3 is 29.6 Å². The maximum Gasteiger partial charge on any atom is 0.254 e. The summed E-state index contributed by atoms with van der Waals surface area (Å²) in [6.45, 7) is 1.54. The number of halogens is 1. The zero-order valence-electron chi connectivity index (χ0n) is 24.3. The number of para-hydroxylation sites is 1. The van der Waals surface area contributed by atoms with Crippen LogP contribution in [0.2, 0.25) is 0 Å². The number of phenolic OH excluding ortho intramolecular Hbond substituents is 1. The number of carbonyl (C=O) groups is 1. The number of amides is 1. The highest BCUT2D eigenvalue weighted by Crippen LogP contribution is 2.41. The smallest absolute Gasteiger partial charge is 0.254 e. The number of nitrogens with zero attached hydrogens (tertiary/aromatic N) is 4. The molecule has 2 aliphatic carbocycles. The van der Waals surface area contributed by atoms with Crippen LogP contribution in [0.5, 0.6) is 11.5 Å². The number of benzene rings is 3. The van der Waals surface area contributed by atoms with Crippen molar-refractivity contribution in [1.29, 1.82) is 0 Å². The molecule has 5 aromatic rings. The first kappa shape index (κ1) is 26.3. The molecule has 2 aromatic heterocycles. The van der Waals surface area contributed by atoms with Gasteiger partial charge >= 0.3 is 0 Å². The Balaban J connectivity index is 1.25. The van der Waals surface area contributed by atoms with Crippen LogP contribution in [0.3, 0.4) is 0 Å². The van der Waals surface area contributed by atoms with E-state index in [1.807, 2.05) is 46.8 Å². The average molecular weight is 580 g/mol. The van der Waals surface area contributed by atoms with Crippen LogP contribution in [0.15, 0.2) is 54.6 Å². The van der Waals surface area contributed by atoms with Gasteiger partial charge in [-0.25, -0.2) is 9.37 Å². The van der Waals surface area contributed by atoms with Gasteiger partial charge in [-0.3, -0.25) is 4.79 Å². The van der Waals surface area contributed by atoms with Crippen LogP contribution in [-0.2, 0) is 13.6 Å². The maximum absolute atomic E-state index is 14.2. The molecule has 3 aliphatic rings. The fourth-order valence-corrected chi connectivity index (χ4v) is 7.38. The molecule has 3 heterocycles. The third-order valence-electron chi connectivity index (χ3n) is 9.88. The number of aryl methyl sites for hydroxylation is 1. The van der Waals surface area contributed by atoms with Gasteiger partial charge in [0.2, 0.25) is 0 Å². The van der Waals surface area contributed by atoms with E-state index in [1.54, 1.807) is 19.2 Å². The fourth-order valence-electron chi connectivity index (χ4n) is 7.38. The normalized spacial score (nSPS) is 21.4. The van der Waals surface area contributed by atoms with Crippen LogP contribution in [0, 0.1) is 17.7 Å². The van der Waals surface area contributed by atoms with Gasteiger partial charge in [0.15, 0.2) is 17.4 Å². The predicted octanol–water partition coefficient (Wildman–Crippen LogP) is 5.69. The van der Waals surface area contributed by atoms with Gasteiger partial charge in [0, 0.05) is 54.3 Å². The molecule has 2 saturated carbocycles. The van der Waals surface area contributed by atoms with E-state index in [9.17, 15) is 14.3 Å². The standard InChI is InChI=1S/C34H34FN5O3/c1-38-31-25(12-22(15-29(31)43-2)34(42)40-17-21-10-11-26(40)30(21)36)37-33(38)28-14-20-9-8-19(23-4-3-5-24(35)32(23)41)13-27(20)39(28)16-18-6-7-18/h3-5,8-9,12-15,18,21,26,30,41H,6-7,10-11,16-17,36H2,1-2H3/t21?,26?,30-/m1/s1. The van der Waals surface area contributed by atoms with Crippen molar-refractivity contribution >= 4 is 27.8 Å². The molecule has 3 fully saturated rings. The second-order valence-corrected chi connectivity index (χ2v) is 12.5. The van der Waals surface area contributed by atoms with Gasteiger partial charge in [0.1, 0.15) is 11.3 Å². The highest BCUT2D eigenvalue weighted by molar-refractivity contribution is 6.00. The van der Waals surface area contributed by atoms with E-state index in [2.05, 4.69) is 10.6 Å². The maximum atomic E-state index is 14.2. The summed E-state index contributed by atoms with van der Waals surface area (Å²) in [5.41, 5.74) is 11.6. The number of likely N-dealkylation sites (tertiary alicyclic amines) is 1. The minimum absolute atomic E-state index is 0.0222. The van der Waals surface area contributed by atoms with Crippen molar-refractivity contribution < 1.29 is 19.0 Å². The Morgan fingerprint density at radius 3 is 2.67 bits per heavy atom. The van der Waals surface area contributed by atoms with E-state index in [0.717, 1.165) is 52.9 Å². The summed E-state index contributed by atoms with van der Waals surface area (Å²) in [6.07, 6.45) is 4.39. The van der Waals surface area contributed by atoms with Crippen molar-refractivity contribution in [3.8, 4) is 34.1 Å². The lowest BCUT2D eigenvalue weighted by atomic mass is 10.0. The molecular formula is C34H34FN5O3. The molecule has 3 N–H and O–H groups in total. The lowest BCUT2D eigenvalue weighted by Crippen LogP contribution is -2.41. The molecule has 2 unspecified atom stereocenters. The van der Waals surface area contributed by atoms with Crippen LogP contribution >= 0.6 is 0 Å². The Labute approximate surface area is 248 Å². The number of imidazole rings is 1. The SMILES string of the molecule is COc1cc(C(=O)N2CC3CCC2[C@@H]3N)cc2nc(-c3cc4ccc(-c5cccc(F)c5O)cc4n3CC3CC3)n(C)c12. The molecular weight excluding hydrogens is 545 g/mol. The third-order valence-corrected chi connectivity index (χ3v) is 9.88. The first-order chi connectivity index (χ1) is 20.8. The molecule has 1 amide bonds. The highest BCUT2D eigenvalue weighted by Gasteiger charge is 2.47. The molecule has 0 spiro atoms. The molecule has 220 valence electrons. The van der Waals surface area contributed by atoms with Gasteiger partial charge in [-0.1, -0.05) is 24.3 Å².